The van der Waals surface area contributed by atoms with Gasteiger partial charge in [-0.15, -0.1) is 0 Å². The number of halogens is 2. The second-order valence-corrected chi connectivity index (χ2v) is 5.37. The molecule has 2 nitrogen and oxygen atoms in total. The molecule has 0 amide bonds. The van der Waals surface area contributed by atoms with Crippen molar-refractivity contribution < 1.29 is 9.13 Å². The lowest BCUT2D eigenvalue weighted by Gasteiger charge is -2.16. The summed E-state index contributed by atoms with van der Waals surface area (Å²) in [6.45, 7) is 5.42. The third-order valence-electron chi connectivity index (χ3n) is 3.09. The van der Waals surface area contributed by atoms with E-state index >= 15 is 0 Å². The van der Waals surface area contributed by atoms with Gasteiger partial charge >= 0.3 is 0 Å². The number of ether oxygens (including phenoxy) is 1. The van der Waals surface area contributed by atoms with Gasteiger partial charge in [-0.1, -0.05) is 17.7 Å². The molecule has 0 aliphatic heterocycles. The van der Waals surface area contributed by atoms with Crippen LogP contribution >= 0.6 is 11.6 Å². The van der Waals surface area contributed by atoms with E-state index in [1.54, 1.807) is 26.0 Å². The van der Waals surface area contributed by atoms with Crippen LogP contribution in [0.5, 0.6) is 11.5 Å². The summed E-state index contributed by atoms with van der Waals surface area (Å²) in [7, 11) is 0. The minimum Gasteiger partial charge on any atom is -0.455 e. The second-order valence-electron chi connectivity index (χ2n) is 4.96. The zero-order chi connectivity index (χ0) is 14.9. The van der Waals surface area contributed by atoms with E-state index in [0.29, 0.717) is 27.6 Å². The van der Waals surface area contributed by atoms with Crippen molar-refractivity contribution in [3.63, 3.8) is 0 Å². The number of hydrogen-bond acceptors (Lipinski definition) is 2. The first kappa shape index (κ1) is 14.8. The Morgan fingerprint density at radius 3 is 2.50 bits per heavy atom. The van der Waals surface area contributed by atoms with Crippen molar-refractivity contribution in [3.8, 4) is 11.5 Å². The maximum Gasteiger partial charge on any atom is 0.146 e. The molecule has 0 saturated carbocycles. The van der Waals surface area contributed by atoms with Gasteiger partial charge in [0.2, 0.25) is 0 Å². The maximum absolute atomic E-state index is 13.7. The molecular weight excluding hydrogens is 277 g/mol. The number of benzene rings is 2. The Labute approximate surface area is 123 Å². The zero-order valence-electron chi connectivity index (χ0n) is 11.7. The van der Waals surface area contributed by atoms with Crippen LogP contribution in [0.25, 0.3) is 0 Å². The number of nitrogens with two attached hydrogens (primary N) is 1. The van der Waals surface area contributed by atoms with Gasteiger partial charge in [0.1, 0.15) is 17.3 Å². The molecule has 4 heteroatoms. The first-order chi connectivity index (χ1) is 9.38. The summed E-state index contributed by atoms with van der Waals surface area (Å²) >= 11 is 6.12. The molecule has 106 valence electrons. The van der Waals surface area contributed by atoms with Crippen molar-refractivity contribution in [1.29, 1.82) is 0 Å². The fraction of sp³-hybridized carbons (Fsp3) is 0.250. The van der Waals surface area contributed by atoms with Crippen molar-refractivity contribution in [3.05, 3.63) is 57.9 Å². The summed E-state index contributed by atoms with van der Waals surface area (Å²) in [5.41, 5.74) is 8.03. The lowest BCUT2D eigenvalue weighted by Crippen LogP contribution is -2.08. The molecule has 0 bridgehead atoms. The lowest BCUT2D eigenvalue weighted by atomic mass is 10.0. The van der Waals surface area contributed by atoms with Crippen LogP contribution in [0, 0.1) is 19.7 Å². The Balaban J connectivity index is 2.47. The van der Waals surface area contributed by atoms with E-state index in [9.17, 15) is 4.39 Å². The molecule has 0 saturated heterocycles. The van der Waals surface area contributed by atoms with Gasteiger partial charge in [0, 0.05) is 11.6 Å². The lowest BCUT2D eigenvalue weighted by molar-refractivity contribution is 0.468. The summed E-state index contributed by atoms with van der Waals surface area (Å²) in [4.78, 5) is 0. The molecule has 2 aromatic rings. The number of aryl methyl sites for hydroxylation is 2. The van der Waals surface area contributed by atoms with Crippen molar-refractivity contribution in [2.45, 2.75) is 26.8 Å². The van der Waals surface area contributed by atoms with E-state index in [2.05, 4.69) is 0 Å². The van der Waals surface area contributed by atoms with Gasteiger partial charge in [0.05, 0.1) is 5.02 Å². The van der Waals surface area contributed by atoms with Crippen molar-refractivity contribution in [2.75, 3.05) is 0 Å². The summed E-state index contributed by atoms with van der Waals surface area (Å²) in [5.74, 6) is 0.783. The van der Waals surface area contributed by atoms with Crippen molar-refractivity contribution in [2.24, 2.45) is 5.73 Å². The van der Waals surface area contributed by atoms with Crippen LogP contribution in [0.15, 0.2) is 30.3 Å². The Bertz CT molecular complexity index is 641. The highest BCUT2D eigenvalue weighted by molar-refractivity contribution is 6.32. The monoisotopic (exact) mass is 293 g/mol. The smallest absolute Gasteiger partial charge is 0.146 e. The maximum atomic E-state index is 13.7. The summed E-state index contributed by atoms with van der Waals surface area (Å²) < 4.78 is 19.5. The van der Waals surface area contributed by atoms with Gasteiger partial charge in [-0.3, -0.25) is 0 Å². The minimum absolute atomic E-state index is 0.292. The van der Waals surface area contributed by atoms with E-state index < -0.39 is 0 Å². The van der Waals surface area contributed by atoms with E-state index in [-0.39, 0.29) is 11.9 Å². The van der Waals surface area contributed by atoms with Crippen LogP contribution in [-0.2, 0) is 0 Å². The first-order valence-corrected chi connectivity index (χ1v) is 6.76. The Kier molecular flexibility index (Phi) is 4.31. The van der Waals surface area contributed by atoms with Crippen LogP contribution in [-0.4, -0.2) is 0 Å². The van der Waals surface area contributed by atoms with Crippen molar-refractivity contribution in [1.82, 2.24) is 0 Å². The molecule has 0 radical (unpaired) electrons. The Hall–Kier alpha value is -1.58. The summed E-state index contributed by atoms with van der Waals surface area (Å²) in [5, 5.41) is 0.508. The molecule has 1 atom stereocenters. The van der Waals surface area contributed by atoms with Gasteiger partial charge in [-0.2, -0.15) is 0 Å². The second kappa shape index (κ2) is 5.81. The first-order valence-electron chi connectivity index (χ1n) is 6.38. The largest absolute Gasteiger partial charge is 0.455 e. The Morgan fingerprint density at radius 2 is 1.85 bits per heavy atom. The fourth-order valence-electron chi connectivity index (χ4n) is 1.92. The average Bonchev–Trinajstić information content (AvgIpc) is 2.37. The van der Waals surface area contributed by atoms with E-state index in [4.69, 9.17) is 22.1 Å². The molecule has 2 N–H and O–H groups in total. The van der Waals surface area contributed by atoms with Gasteiger partial charge in [-0.25, -0.2) is 4.39 Å². The van der Waals surface area contributed by atoms with E-state index in [1.807, 2.05) is 19.1 Å². The van der Waals surface area contributed by atoms with Gasteiger partial charge in [0.15, 0.2) is 0 Å². The zero-order valence-corrected chi connectivity index (χ0v) is 12.5. The quantitative estimate of drug-likeness (QED) is 0.873. The van der Waals surface area contributed by atoms with Crippen LogP contribution in [0.1, 0.15) is 29.7 Å². The highest BCUT2D eigenvalue weighted by Gasteiger charge is 2.14. The van der Waals surface area contributed by atoms with Crippen LogP contribution in [0.4, 0.5) is 4.39 Å². The van der Waals surface area contributed by atoms with E-state index in [0.717, 1.165) is 5.56 Å². The molecule has 0 fully saturated rings. The molecule has 1 unspecified atom stereocenters. The van der Waals surface area contributed by atoms with Crippen molar-refractivity contribution >= 4 is 11.6 Å². The number of hydrogen-bond donors (Lipinski definition) is 1. The standard InChI is InChI=1S/C16H17ClFNO/c1-9-4-5-13(17)16(6-9)20-15-7-10(2)14(18)8-12(15)11(3)19/h4-8,11H,19H2,1-3H3. The van der Waals surface area contributed by atoms with Gasteiger partial charge in [0.25, 0.3) is 0 Å². The average molecular weight is 294 g/mol. The normalized spacial score (nSPS) is 12.3. The molecule has 0 aromatic heterocycles. The highest BCUT2D eigenvalue weighted by Crippen LogP contribution is 2.35. The van der Waals surface area contributed by atoms with Crippen LogP contribution in [0.3, 0.4) is 0 Å². The molecular formula is C16H17ClFNO. The molecule has 2 aromatic carbocycles. The summed E-state index contributed by atoms with van der Waals surface area (Å²) in [6.07, 6.45) is 0. The third-order valence-corrected chi connectivity index (χ3v) is 3.40. The molecule has 0 spiro atoms. The van der Waals surface area contributed by atoms with E-state index in [1.165, 1.54) is 6.07 Å². The highest BCUT2D eigenvalue weighted by atomic mass is 35.5. The van der Waals surface area contributed by atoms with Crippen LogP contribution < -0.4 is 10.5 Å². The molecule has 0 aliphatic carbocycles. The number of rotatable bonds is 3. The molecule has 2 rings (SSSR count). The molecule has 0 aliphatic rings. The molecule has 20 heavy (non-hydrogen) atoms. The minimum atomic E-state index is -0.330. The summed E-state index contributed by atoms with van der Waals surface area (Å²) in [6, 6.07) is 8.24. The topological polar surface area (TPSA) is 35.2 Å². The van der Waals surface area contributed by atoms with Crippen LogP contribution in [0.2, 0.25) is 5.02 Å². The predicted molar refractivity (Wildman–Crippen MR) is 80.0 cm³/mol. The fourth-order valence-corrected chi connectivity index (χ4v) is 2.08. The predicted octanol–water partition coefficient (Wildman–Crippen LogP) is 4.91. The molecule has 0 heterocycles. The van der Waals surface area contributed by atoms with Gasteiger partial charge < -0.3 is 10.5 Å². The third kappa shape index (κ3) is 3.11. The SMILES string of the molecule is Cc1ccc(Cl)c(Oc2cc(C)c(F)cc2C(C)N)c1. The van der Waals surface area contributed by atoms with Gasteiger partial charge in [-0.05, 0) is 56.2 Å². The Morgan fingerprint density at radius 1 is 1.15 bits per heavy atom.